The highest BCUT2D eigenvalue weighted by Gasteiger charge is 2.10. The number of nitrogens with zero attached hydrogens (tertiary/aromatic N) is 2. The van der Waals surface area contributed by atoms with Gasteiger partial charge in [-0.1, -0.05) is 12.1 Å². The van der Waals surface area contributed by atoms with E-state index in [0.29, 0.717) is 19.2 Å². The molecule has 0 fully saturated rings. The van der Waals surface area contributed by atoms with Crippen LogP contribution in [0.15, 0.2) is 54.9 Å². The second-order valence-corrected chi connectivity index (χ2v) is 5.79. The van der Waals surface area contributed by atoms with E-state index in [9.17, 15) is 4.79 Å². The van der Waals surface area contributed by atoms with Gasteiger partial charge in [0.1, 0.15) is 19.2 Å². The highest BCUT2D eigenvalue weighted by molar-refractivity contribution is 5.89. The van der Waals surface area contributed by atoms with E-state index in [1.54, 1.807) is 26.4 Å². The van der Waals surface area contributed by atoms with E-state index in [0.717, 1.165) is 16.6 Å². The molecule has 3 rings (SSSR count). The molecule has 0 radical (unpaired) electrons. The van der Waals surface area contributed by atoms with E-state index < -0.39 is 0 Å². The van der Waals surface area contributed by atoms with Crippen LogP contribution in [0, 0.1) is 0 Å². The lowest BCUT2D eigenvalue weighted by atomic mass is 10.2. The molecule has 0 saturated carbocycles. The van der Waals surface area contributed by atoms with Crippen LogP contribution in [-0.2, 0) is 27.7 Å². The van der Waals surface area contributed by atoms with Crippen LogP contribution in [0.1, 0.15) is 12.1 Å². The van der Waals surface area contributed by atoms with E-state index in [1.165, 1.54) is 0 Å². The molecular formula is C20H22N2O4. The van der Waals surface area contributed by atoms with Gasteiger partial charge < -0.3 is 23.3 Å². The summed E-state index contributed by atoms with van der Waals surface area (Å²) in [4.78, 5) is 12.2. The molecule has 0 bridgehead atoms. The number of carbonyl (C=O) groups is 1. The Morgan fingerprint density at radius 1 is 1.00 bits per heavy atom. The van der Waals surface area contributed by atoms with Crippen LogP contribution >= 0.6 is 0 Å². The minimum absolute atomic E-state index is 0.188. The normalized spacial score (nSPS) is 11.5. The average molecular weight is 354 g/mol. The molecule has 2 aromatic heterocycles. The number of hydrogen-bond donors (Lipinski definition) is 0. The van der Waals surface area contributed by atoms with Crippen molar-refractivity contribution in [1.82, 2.24) is 9.13 Å². The van der Waals surface area contributed by atoms with Crippen LogP contribution in [0.3, 0.4) is 0 Å². The molecule has 0 aliphatic carbocycles. The van der Waals surface area contributed by atoms with Crippen LogP contribution in [0.4, 0.5) is 0 Å². The summed E-state index contributed by atoms with van der Waals surface area (Å²) < 4.78 is 19.7. The van der Waals surface area contributed by atoms with E-state index in [4.69, 9.17) is 14.2 Å². The Morgan fingerprint density at radius 3 is 2.62 bits per heavy atom. The lowest BCUT2D eigenvalue weighted by molar-refractivity contribution is -0.133. The summed E-state index contributed by atoms with van der Waals surface area (Å²) >= 11 is 0. The van der Waals surface area contributed by atoms with Gasteiger partial charge >= 0.3 is 5.97 Å². The monoisotopic (exact) mass is 354 g/mol. The molecule has 0 atom stereocenters. The summed E-state index contributed by atoms with van der Waals surface area (Å²) in [6, 6.07) is 11.4. The lowest BCUT2D eigenvalue weighted by Crippen LogP contribution is -2.06. The summed E-state index contributed by atoms with van der Waals surface area (Å²) in [5, 5.41) is 0.885. The van der Waals surface area contributed by atoms with Crippen molar-refractivity contribution in [2.45, 2.75) is 19.9 Å². The number of benzene rings is 1. The van der Waals surface area contributed by atoms with Gasteiger partial charge in [-0.25, -0.2) is 0 Å². The maximum atomic E-state index is 12.2. The maximum Gasteiger partial charge on any atom is 0.315 e. The van der Waals surface area contributed by atoms with Crippen molar-refractivity contribution in [2.24, 2.45) is 0 Å². The van der Waals surface area contributed by atoms with Crippen LogP contribution < -0.4 is 4.74 Å². The minimum Gasteiger partial charge on any atom is -0.426 e. The summed E-state index contributed by atoms with van der Waals surface area (Å²) in [5.41, 5.74) is 1.93. The number of aromatic nitrogens is 2. The minimum atomic E-state index is -0.307. The number of rotatable bonds is 8. The molecule has 2 heterocycles. The van der Waals surface area contributed by atoms with Crippen molar-refractivity contribution in [2.75, 3.05) is 14.2 Å². The van der Waals surface area contributed by atoms with Gasteiger partial charge in [-0.3, -0.25) is 4.79 Å². The largest absolute Gasteiger partial charge is 0.426 e. The van der Waals surface area contributed by atoms with E-state index in [1.807, 2.05) is 57.9 Å². The third-order valence-corrected chi connectivity index (χ3v) is 3.97. The van der Waals surface area contributed by atoms with Gasteiger partial charge in [0.15, 0.2) is 0 Å². The predicted octanol–water partition coefficient (Wildman–Crippen LogP) is 3.66. The third kappa shape index (κ3) is 4.04. The van der Waals surface area contributed by atoms with E-state index in [-0.39, 0.29) is 12.4 Å². The van der Waals surface area contributed by atoms with Gasteiger partial charge in [0, 0.05) is 37.7 Å². The first-order chi connectivity index (χ1) is 12.7. The first-order valence-corrected chi connectivity index (χ1v) is 8.31. The summed E-state index contributed by atoms with van der Waals surface area (Å²) in [5.74, 6) is 0.247. The van der Waals surface area contributed by atoms with Crippen molar-refractivity contribution >= 4 is 22.9 Å². The molecular weight excluding hydrogens is 332 g/mol. The van der Waals surface area contributed by atoms with Crippen molar-refractivity contribution in [3.05, 3.63) is 60.6 Å². The van der Waals surface area contributed by atoms with Gasteiger partial charge in [-0.2, -0.15) is 0 Å². The van der Waals surface area contributed by atoms with Crippen LogP contribution in [0.5, 0.6) is 5.75 Å². The number of methoxy groups -OCH3 is 2. The number of fused-ring (bicyclic) bond motifs is 1. The lowest BCUT2D eigenvalue weighted by Gasteiger charge is -2.07. The topological polar surface area (TPSA) is 54.6 Å². The Balaban J connectivity index is 1.66. The Hall–Kier alpha value is -2.83. The van der Waals surface area contributed by atoms with E-state index >= 15 is 0 Å². The molecule has 6 heteroatoms. The molecule has 0 N–H and O–H groups in total. The van der Waals surface area contributed by atoms with Gasteiger partial charge in [0.05, 0.1) is 11.9 Å². The standard InChI is InChI=1S/C20H22N2O4/c1-24-14-21-12-5-7-16(21)6-3-10-20(23)26-19-9-4-8-18-17(19)11-13-22(18)15-25-2/h3-9,11-13H,10,14-15H2,1-2H3/b6-3+. The first-order valence-electron chi connectivity index (χ1n) is 8.31. The molecule has 0 spiro atoms. The third-order valence-electron chi connectivity index (χ3n) is 3.97. The zero-order chi connectivity index (χ0) is 18.4. The molecule has 0 unspecified atom stereocenters. The fraction of sp³-hybridized carbons (Fsp3) is 0.250. The molecule has 0 aliphatic heterocycles. The quantitative estimate of drug-likeness (QED) is 0.458. The Labute approximate surface area is 152 Å². The number of ether oxygens (including phenoxy) is 3. The van der Waals surface area contributed by atoms with Gasteiger partial charge in [0.25, 0.3) is 0 Å². The number of carbonyl (C=O) groups excluding carboxylic acids is 1. The zero-order valence-corrected chi connectivity index (χ0v) is 14.9. The van der Waals surface area contributed by atoms with Crippen molar-refractivity contribution in [1.29, 1.82) is 0 Å². The molecule has 136 valence electrons. The first kappa shape index (κ1) is 18.0. The molecule has 0 saturated heterocycles. The highest BCUT2D eigenvalue weighted by atomic mass is 16.5. The molecule has 6 nitrogen and oxygen atoms in total. The molecule has 3 aromatic rings. The Morgan fingerprint density at radius 2 is 1.81 bits per heavy atom. The fourth-order valence-electron chi connectivity index (χ4n) is 2.81. The van der Waals surface area contributed by atoms with Crippen molar-refractivity contribution < 1.29 is 19.0 Å². The van der Waals surface area contributed by atoms with Gasteiger partial charge in [-0.05, 0) is 36.4 Å². The summed E-state index contributed by atoms with van der Waals surface area (Å²) in [7, 11) is 3.29. The molecule has 1 aromatic carbocycles. The Bertz CT molecular complexity index is 908. The smallest absolute Gasteiger partial charge is 0.315 e. The number of hydrogen-bond acceptors (Lipinski definition) is 4. The second-order valence-electron chi connectivity index (χ2n) is 5.79. The maximum absolute atomic E-state index is 12.2. The second kappa shape index (κ2) is 8.51. The molecule has 26 heavy (non-hydrogen) atoms. The van der Waals surface area contributed by atoms with Gasteiger partial charge in [-0.15, -0.1) is 0 Å². The highest BCUT2D eigenvalue weighted by Crippen LogP contribution is 2.27. The predicted molar refractivity (Wildman–Crippen MR) is 99.7 cm³/mol. The van der Waals surface area contributed by atoms with Gasteiger partial charge in [0.2, 0.25) is 0 Å². The van der Waals surface area contributed by atoms with Crippen LogP contribution in [0.2, 0.25) is 0 Å². The Kier molecular flexibility index (Phi) is 5.88. The SMILES string of the molecule is COCn1cccc1/C=C/CC(=O)Oc1cccc2c1ccn2COC. The van der Waals surface area contributed by atoms with Crippen LogP contribution in [0.25, 0.3) is 17.0 Å². The van der Waals surface area contributed by atoms with E-state index in [2.05, 4.69) is 0 Å². The summed E-state index contributed by atoms with van der Waals surface area (Å²) in [6.07, 6.45) is 7.70. The van der Waals surface area contributed by atoms with Crippen LogP contribution in [-0.4, -0.2) is 29.3 Å². The zero-order valence-electron chi connectivity index (χ0n) is 14.9. The number of esters is 1. The average Bonchev–Trinajstić information content (AvgIpc) is 3.24. The van der Waals surface area contributed by atoms with Crippen molar-refractivity contribution in [3.8, 4) is 5.75 Å². The molecule has 0 aliphatic rings. The summed E-state index contributed by atoms with van der Waals surface area (Å²) in [6.45, 7) is 0.919. The fourth-order valence-corrected chi connectivity index (χ4v) is 2.81. The van der Waals surface area contributed by atoms with Crippen molar-refractivity contribution in [3.63, 3.8) is 0 Å². The molecule has 0 amide bonds.